The van der Waals surface area contributed by atoms with E-state index in [0.717, 1.165) is 30.8 Å². The van der Waals surface area contributed by atoms with Gasteiger partial charge in [0.1, 0.15) is 12.4 Å². The van der Waals surface area contributed by atoms with Gasteiger partial charge in [-0.15, -0.1) is 6.58 Å². The number of hydrogen-bond donors (Lipinski definition) is 0. The monoisotopic (exact) mass is 327 g/mol. The van der Waals surface area contributed by atoms with E-state index in [0.29, 0.717) is 13.0 Å². The Hall–Kier alpha value is -2.13. The van der Waals surface area contributed by atoms with E-state index >= 15 is 0 Å². The molecular formula is C21H29NO2. The number of rotatable bonds is 11. The molecule has 1 rings (SSSR count). The van der Waals surface area contributed by atoms with Crippen LogP contribution in [0.3, 0.4) is 0 Å². The summed E-state index contributed by atoms with van der Waals surface area (Å²) in [6.45, 7) is 10.1. The van der Waals surface area contributed by atoms with Gasteiger partial charge in [0.15, 0.2) is 5.78 Å². The molecule has 0 aromatic heterocycles. The van der Waals surface area contributed by atoms with Crippen molar-refractivity contribution in [3.63, 3.8) is 0 Å². The molecule has 0 aliphatic rings. The van der Waals surface area contributed by atoms with E-state index in [2.05, 4.69) is 23.6 Å². The smallest absolute Gasteiger partial charge is 0.163 e. The van der Waals surface area contributed by atoms with E-state index in [1.165, 1.54) is 5.57 Å². The molecule has 0 unspecified atom stereocenters. The summed E-state index contributed by atoms with van der Waals surface area (Å²) >= 11 is 0. The van der Waals surface area contributed by atoms with Crippen LogP contribution in [0.2, 0.25) is 0 Å². The number of Topliss-reactive ketones (excluding diaryl/α,β-unsaturated/α-hetero) is 1. The van der Waals surface area contributed by atoms with E-state index in [9.17, 15) is 4.79 Å². The highest BCUT2D eigenvalue weighted by atomic mass is 16.5. The van der Waals surface area contributed by atoms with E-state index in [1.54, 1.807) is 0 Å². The number of allylic oxidation sites excluding steroid dienone is 2. The van der Waals surface area contributed by atoms with Crippen LogP contribution in [0.1, 0.15) is 37.0 Å². The van der Waals surface area contributed by atoms with Gasteiger partial charge < -0.3 is 4.74 Å². The molecule has 3 heteroatoms. The Labute approximate surface area is 146 Å². The van der Waals surface area contributed by atoms with Gasteiger partial charge in [0.05, 0.1) is 0 Å². The van der Waals surface area contributed by atoms with Crippen molar-refractivity contribution >= 4 is 5.78 Å². The van der Waals surface area contributed by atoms with Gasteiger partial charge in [0, 0.05) is 25.1 Å². The van der Waals surface area contributed by atoms with E-state index in [1.807, 2.05) is 57.3 Å². The highest BCUT2D eigenvalue weighted by Crippen LogP contribution is 2.14. The lowest BCUT2D eigenvalue weighted by molar-refractivity contribution is 0.0983. The molecule has 0 fully saturated rings. The average Bonchev–Trinajstić information content (AvgIpc) is 2.55. The van der Waals surface area contributed by atoms with E-state index in [-0.39, 0.29) is 5.78 Å². The number of carbonyl (C=O) groups is 1. The quantitative estimate of drug-likeness (QED) is 0.437. The summed E-state index contributed by atoms with van der Waals surface area (Å²) in [6.07, 6.45) is 9.39. The van der Waals surface area contributed by atoms with Crippen LogP contribution in [0, 0.1) is 0 Å². The predicted octanol–water partition coefficient (Wildman–Crippen LogP) is 4.67. The SMILES string of the molecule is C=CCN(C)CC=CCOc1ccc(C(=O)CCC=C(C)C)cc1. The van der Waals surface area contributed by atoms with Crippen molar-refractivity contribution in [2.45, 2.75) is 26.7 Å². The molecule has 0 aliphatic heterocycles. The number of benzene rings is 1. The second-order valence-electron chi connectivity index (χ2n) is 6.06. The first kappa shape index (κ1) is 19.9. The van der Waals surface area contributed by atoms with Crippen LogP contribution in [0.25, 0.3) is 0 Å². The largest absolute Gasteiger partial charge is 0.490 e. The number of likely N-dealkylation sites (N-methyl/N-ethyl adjacent to an activating group) is 1. The van der Waals surface area contributed by atoms with Crippen molar-refractivity contribution in [3.8, 4) is 5.75 Å². The second kappa shape index (κ2) is 11.4. The normalized spacial score (nSPS) is 10.8. The van der Waals surface area contributed by atoms with Gasteiger partial charge in [0.2, 0.25) is 0 Å². The minimum absolute atomic E-state index is 0.171. The molecule has 0 saturated carbocycles. The lowest BCUT2D eigenvalue weighted by Gasteiger charge is -2.10. The van der Waals surface area contributed by atoms with Crippen molar-refractivity contribution in [2.24, 2.45) is 0 Å². The first-order chi connectivity index (χ1) is 11.5. The summed E-state index contributed by atoms with van der Waals surface area (Å²) < 4.78 is 5.65. The molecule has 0 N–H and O–H groups in total. The fraction of sp³-hybridized carbons (Fsp3) is 0.381. The molecule has 0 saturated heterocycles. The Morgan fingerprint density at radius 1 is 1.17 bits per heavy atom. The first-order valence-corrected chi connectivity index (χ1v) is 8.36. The summed E-state index contributed by atoms with van der Waals surface area (Å²) in [6, 6.07) is 7.38. The molecule has 0 aliphatic carbocycles. The molecule has 0 radical (unpaired) electrons. The average molecular weight is 327 g/mol. The van der Waals surface area contributed by atoms with Gasteiger partial charge in [-0.2, -0.15) is 0 Å². The number of nitrogens with zero attached hydrogens (tertiary/aromatic N) is 1. The molecule has 0 bridgehead atoms. The topological polar surface area (TPSA) is 29.5 Å². The molecule has 3 nitrogen and oxygen atoms in total. The summed E-state index contributed by atoms with van der Waals surface area (Å²) in [7, 11) is 2.04. The maximum absolute atomic E-state index is 12.1. The van der Waals surface area contributed by atoms with Gasteiger partial charge >= 0.3 is 0 Å². The minimum atomic E-state index is 0.171. The summed E-state index contributed by atoms with van der Waals surface area (Å²) in [4.78, 5) is 14.2. The second-order valence-corrected chi connectivity index (χ2v) is 6.06. The summed E-state index contributed by atoms with van der Waals surface area (Å²) in [5.74, 6) is 0.948. The fourth-order valence-corrected chi connectivity index (χ4v) is 2.14. The third kappa shape index (κ3) is 8.49. The van der Waals surface area contributed by atoms with Crippen LogP contribution < -0.4 is 4.74 Å². The van der Waals surface area contributed by atoms with Crippen molar-refractivity contribution in [3.05, 3.63) is 66.3 Å². The Kier molecular flexibility index (Phi) is 9.47. The van der Waals surface area contributed by atoms with Crippen LogP contribution in [-0.4, -0.2) is 37.4 Å². The van der Waals surface area contributed by atoms with Gasteiger partial charge in [-0.05, 0) is 51.6 Å². The molecule has 0 amide bonds. The Morgan fingerprint density at radius 3 is 2.50 bits per heavy atom. The highest BCUT2D eigenvalue weighted by Gasteiger charge is 2.04. The zero-order valence-corrected chi connectivity index (χ0v) is 15.1. The van der Waals surface area contributed by atoms with Crippen molar-refractivity contribution in [1.29, 1.82) is 0 Å². The number of ketones is 1. The molecular weight excluding hydrogens is 298 g/mol. The Morgan fingerprint density at radius 2 is 1.88 bits per heavy atom. The van der Waals surface area contributed by atoms with Gasteiger partial charge in [-0.1, -0.05) is 29.9 Å². The van der Waals surface area contributed by atoms with Crippen molar-refractivity contribution < 1.29 is 9.53 Å². The van der Waals surface area contributed by atoms with Gasteiger partial charge in [-0.25, -0.2) is 0 Å². The lowest BCUT2D eigenvalue weighted by Crippen LogP contribution is -2.17. The molecule has 24 heavy (non-hydrogen) atoms. The fourth-order valence-electron chi connectivity index (χ4n) is 2.14. The van der Waals surface area contributed by atoms with Crippen molar-refractivity contribution in [1.82, 2.24) is 4.90 Å². The lowest BCUT2D eigenvalue weighted by atomic mass is 10.1. The van der Waals surface area contributed by atoms with E-state index in [4.69, 9.17) is 4.74 Å². The third-order valence-electron chi connectivity index (χ3n) is 3.47. The molecule has 0 atom stereocenters. The molecule has 1 aromatic rings. The van der Waals surface area contributed by atoms with Crippen LogP contribution in [0.15, 0.2) is 60.7 Å². The van der Waals surface area contributed by atoms with Crippen LogP contribution in [0.4, 0.5) is 0 Å². The maximum Gasteiger partial charge on any atom is 0.163 e. The zero-order valence-electron chi connectivity index (χ0n) is 15.1. The maximum atomic E-state index is 12.1. The standard InChI is InChI=1S/C21H29NO2/c1-5-15-22(4)16-6-7-17-24-20-13-11-19(12-14-20)21(23)10-8-9-18(2)3/h5-7,9,11-14H,1,8,10,15-17H2,2-4H3. The van der Waals surface area contributed by atoms with Crippen LogP contribution in [0.5, 0.6) is 5.75 Å². The Balaban J connectivity index is 2.36. The predicted molar refractivity (Wildman–Crippen MR) is 102 cm³/mol. The van der Waals surface area contributed by atoms with Crippen LogP contribution >= 0.6 is 0 Å². The number of ether oxygens (including phenoxy) is 1. The minimum Gasteiger partial charge on any atom is -0.490 e. The van der Waals surface area contributed by atoms with E-state index < -0.39 is 0 Å². The zero-order chi connectivity index (χ0) is 17.8. The Bertz CT molecular complexity index is 566. The molecule has 0 spiro atoms. The molecule has 0 heterocycles. The number of hydrogen-bond acceptors (Lipinski definition) is 3. The molecule has 130 valence electrons. The van der Waals surface area contributed by atoms with Crippen molar-refractivity contribution in [2.75, 3.05) is 26.7 Å². The highest BCUT2D eigenvalue weighted by molar-refractivity contribution is 5.96. The molecule has 1 aromatic carbocycles. The third-order valence-corrected chi connectivity index (χ3v) is 3.47. The summed E-state index contributed by atoms with van der Waals surface area (Å²) in [5.41, 5.74) is 1.99. The summed E-state index contributed by atoms with van der Waals surface area (Å²) in [5, 5.41) is 0. The van der Waals surface area contributed by atoms with Gasteiger partial charge in [-0.3, -0.25) is 9.69 Å². The van der Waals surface area contributed by atoms with Crippen LogP contribution in [-0.2, 0) is 0 Å². The number of carbonyl (C=O) groups excluding carboxylic acids is 1. The first-order valence-electron chi connectivity index (χ1n) is 8.36. The van der Waals surface area contributed by atoms with Gasteiger partial charge in [0.25, 0.3) is 0 Å².